The first-order valence-electron chi connectivity index (χ1n) is 8.07. The molecule has 1 aliphatic rings. The molecular weight excluding hydrogens is 485 g/mol. The molecule has 0 bridgehead atoms. The highest BCUT2D eigenvalue weighted by Gasteiger charge is 2.48. The highest BCUT2D eigenvalue weighted by atomic mass is 127. The summed E-state index contributed by atoms with van der Waals surface area (Å²) in [6.45, 7) is 0. The second-order valence-corrected chi connectivity index (χ2v) is 7.46. The van der Waals surface area contributed by atoms with Crippen LogP contribution in [-0.4, -0.2) is 39.7 Å². The zero-order chi connectivity index (χ0) is 19.7. The molecular formula is C19H19ClINO5. The number of carbonyl (C=O) groups excluding carboxylic acids is 1. The lowest BCUT2D eigenvalue weighted by molar-refractivity contribution is -0.123. The molecule has 0 saturated carbocycles. The number of hydrogen-bond acceptors (Lipinski definition) is 5. The second-order valence-electron chi connectivity index (χ2n) is 5.83. The smallest absolute Gasteiger partial charge is 0.248 e. The second kappa shape index (κ2) is 8.02. The molecule has 1 saturated heterocycles. The van der Waals surface area contributed by atoms with Crippen LogP contribution in [0.25, 0.3) is 0 Å². The first-order valence-corrected chi connectivity index (χ1v) is 9.58. The molecule has 27 heavy (non-hydrogen) atoms. The highest BCUT2D eigenvalue weighted by molar-refractivity contribution is 14.1. The van der Waals surface area contributed by atoms with E-state index in [-0.39, 0.29) is 11.9 Å². The van der Waals surface area contributed by atoms with Gasteiger partial charge in [0, 0.05) is 12.1 Å². The summed E-state index contributed by atoms with van der Waals surface area (Å²) in [7, 11) is 6.22. The first-order chi connectivity index (χ1) is 13.0. The van der Waals surface area contributed by atoms with Crippen LogP contribution < -0.4 is 23.8 Å². The van der Waals surface area contributed by atoms with Gasteiger partial charge in [-0.15, -0.1) is 11.6 Å². The van der Waals surface area contributed by atoms with Gasteiger partial charge >= 0.3 is 0 Å². The van der Waals surface area contributed by atoms with E-state index in [0.717, 1.165) is 14.9 Å². The third-order valence-electron chi connectivity index (χ3n) is 4.47. The maximum absolute atomic E-state index is 12.6. The van der Waals surface area contributed by atoms with Gasteiger partial charge in [0.1, 0.15) is 11.1 Å². The molecule has 0 N–H and O–H groups in total. The first kappa shape index (κ1) is 19.9. The Morgan fingerprint density at radius 1 is 0.926 bits per heavy atom. The van der Waals surface area contributed by atoms with Gasteiger partial charge in [-0.1, -0.05) is 6.07 Å². The molecule has 0 aromatic heterocycles. The summed E-state index contributed by atoms with van der Waals surface area (Å²) in [4.78, 5) is 14.2. The molecule has 0 unspecified atom stereocenters. The van der Waals surface area contributed by atoms with Crippen molar-refractivity contribution in [2.75, 3.05) is 33.3 Å². The minimum atomic E-state index is -0.645. The third-order valence-corrected chi connectivity index (χ3v) is 5.74. The minimum absolute atomic E-state index is 0.179. The van der Waals surface area contributed by atoms with Gasteiger partial charge in [0.25, 0.3) is 0 Å². The Hall–Kier alpha value is -1.87. The summed E-state index contributed by atoms with van der Waals surface area (Å²) < 4.78 is 22.4. The van der Waals surface area contributed by atoms with Crippen molar-refractivity contribution in [3.8, 4) is 23.0 Å². The number of alkyl halides is 1. The molecule has 1 heterocycles. The summed E-state index contributed by atoms with van der Waals surface area (Å²) in [6.07, 6.45) is 0. The Morgan fingerprint density at radius 3 is 2.00 bits per heavy atom. The van der Waals surface area contributed by atoms with Gasteiger partial charge in [0.15, 0.2) is 11.5 Å². The number of halogens is 2. The molecule has 1 amide bonds. The fraction of sp³-hybridized carbons (Fsp3) is 0.316. The Morgan fingerprint density at radius 2 is 1.52 bits per heavy atom. The number of β-lactam (4-membered cyclic amide) rings is 1. The normalized spacial score (nSPS) is 18.7. The van der Waals surface area contributed by atoms with Gasteiger partial charge in [-0.2, -0.15) is 0 Å². The Balaban J connectivity index is 2.05. The highest BCUT2D eigenvalue weighted by Crippen LogP contribution is 2.48. The van der Waals surface area contributed by atoms with Crippen LogP contribution in [0.1, 0.15) is 11.6 Å². The van der Waals surface area contributed by atoms with Gasteiger partial charge in [-0.05, 0) is 40.3 Å². The fourth-order valence-electron chi connectivity index (χ4n) is 3.13. The largest absolute Gasteiger partial charge is 0.496 e. The molecule has 0 radical (unpaired) electrons. The molecule has 2 aromatic rings. The van der Waals surface area contributed by atoms with Crippen molar-refractivity contribution >= 4 is 45.8 Å². The van der Waals surface area contributed by atoms with Crippen LogP contribution in [-0.2, 0) is 4.79 Å². The fourth-order valence-corrected chi connectivity index (χ4v) is 4.26. The van der Waals surface area contributed by atoms with Gasteiger partial charge in [0.05, 0.1) is 43.7 Å². The average molecular weight is 504 g/mol. The maximum Gasteiger partial charge on any atom is 0.248 e. The zero-order valence-corrected chi connectivity index (χ0v) is 18.2. The number of hydrogen-bond donors (Lipinski definition) is 0. The Bertz CT molecular complexity index is 850. The predicted molar refractivity (Wildman–Crippen MR) is 112 cm³/mol. The number of amides is 1. The van der Waals surface area contributed by atoms with Crippen molar-refractivity contribution in [3.63, 3.8) is 0 Å². The minimum Gasteiger partial charge on any atom is -0.496 e. The van der Waals surface area contributed by atoms with Crippen LogP contribution in [0.2, 0.25) is 0 Å². The number of rotatable bonds is 6. The van der Waals surface area contributed by atoms with Crippen LogP contribution in [0.3, 0.4) is 0 Å². The van der Waals surface area contributed by atoms with E-state index in [4.69, 9.17) is 30.5 Å². The van der Waals surface area contributed by atoms with E-state index in [1.54, 1.807) is 24.1 Å². The molecule has 0 aliphatic carbocycles. The van der Waals surface area contributed by atoms with Crippen LogP contribution in [0.5, 0.6) is 23.0 Å². The van der Waals surface area contributed by atoms with Gasteiger partial charge in [-0.3, -0.25) is 4.79 Å². The van der Waals surface area contributed by atoms with Gasteiger partial charge < -0.3 is 23.8 Å². The van der Waals surface area contributed by atoms with Crippen molar-refractivity contribution in [1.82, 2.24) is 0 Å². The molecule has 3 rings (SSSR count). The Kier molecular flexibility index (Phi) is 5.90. The van der Waals surface area contributed by atoms with Crippen LogP contribution in [0.4, 0.5) is 5.69 Å². The van der Waals surface area contributed by atoms with Gasteiger partial charge in [0.2, 0.25) is 11.7 Å². The molecule has 8 heteroatoms. The van der Waals surface area contributed by atoms with Crippen molar-refractivity contribution in [2.24, 2.45) is 0 Å². The lowest BCUT2D eigenvalue weighted by Crippen LogP contribution is -2.56. The maximum atomic E-state index is 12.6. The standard InChI is InChI=1S/C19H19ClINO5/c1-24-13-6-5-10(7-12(13)21)17-16(20)19(23)22(17)11-8-14(25-2)18(27-4)15(9-11)26-3/h5-9,16-17H,1-4H3/t16-,17-/m0/s1. The average Bonchev–Trinajstić information content (AvgIpc) is 2.69. The lowest BCUT2D eigenvalue weighted by Gasteiger charge is -2.44. The summed E-state index contributed by atoms with van der Waals surface area (Å²) in [5, 5.41) is -0.645. The summed E-state index contributed by atoms with van der Waals surface area (Å²) in [5.74, 6) is 2.01. The monoisotopic (exact) mass is 503 g/mol. The van der Waals surface area contributed by atoms with E-state index in [2.05, 4.69) is 22.6 Å². The molecule has 6 nitrogen and oxygen atoms in total. The molecule has 1 aliphatic heterocycles. The molecule has 2 atom stereocenters. The number of benzene rings is 2. The number of carbonyl (C=O) groups is 1. The summed E-state index contributed by atoms with van der Waals surface area (Å²) in [5.41, 5.74) is 1.55. The van der Waals surface area contributed by atoms with Crippen molar-refractivity contribution in [3.05, 3.63) is 39.5 Å². The summed E-state index contributed by atoms with van der Waals surface area (Å²) >= 11 is 8.56. The van der Waals surface area contributed by atoms with E-state index in [9.17, 15) is 4.79 Å². The summed E-state index contributed by atoms with van der Waals surface area (Å²) in [6, 6.07) is 8.93. The molecule has 144 valence electrons. The Labute approximate surface area is 176 Å². The number of ether oxygens (including phenoxy) is 4. The SMILES string of the molecule is COc1ccc([C@H]2[C@H](Cl)C(=O)N2c2cc(OC)c(OC)c(OC)c2)cc1I. The number of methoxy groups -OCH3 is 4. The quantitative estimate of drug-likeness (QED) is 0.339. The zero-order valence-electron chi connectivity index (χ0n) is 15.3. The van der Waals surface area contributed by atoms with E-state index in [0.29, 0.717) is 22.9 Å². The number of nitrogens with zero attached hydrogens (tertiary/aromatic N) is 1. The van der Waals surface area contributed by atoms with Crippen LogP contribution in [0.15, 0.2) is 30.3 Å². The molecule has 0 spiro atoms. The van der Waals surface area contributed by atoms with E-state index in [1.807, 2.05) is 18.2 Å². The van der Waals surface area contributed by atoms with Gasteiger partial charge in [-0.25, -0.2) is 0 Å². The van der Waals surface area contributed by atoms with E-state index in [1.165, 1.54) is 21.3 Å². The van der Waals surface area contributed by atoms with E-state index >= 15 is 0 Å². The van der Waals surface area contributed by atoms with Crippen molar-refractivity contribution in [1.29, 1.82) is 0 Å². The lowest BCUT2D eigenvalue weighted by atomic mass is 9.92. The van der Waals surface area contributed by atoms with Crippen LogP contribution in [0, 0.1) is 3.57 Å². The predicted octanol–water partition coefficient (Wildman–Crippen LogP) is 4.02. The molecule has 1 fully saturated rings. The topological polar surface area (TPSA) is 57.2 Å². The van der Waals surface area contributed by atoms with E-state index < -0.39 is 5.38 Å². The third kappa shape index (κ3) is 3.38. The molecule has 2 aromatic carbocycles. The van der Waals surface area contributed by atoms with Crippen molar-refractivity contribution in [2.45, 2.75) is 11.4 Å². The van der Waals surface area contributed by atoms with Crippen molar-refractivity contribution < 1.29 is 23.7 Å². The van der Waals surface area contributed by atoms with Crippen LogP contribution >= 0.6 is 34.2 Å². The number of anilines is 1.